The van der Waals surface area contributed by atoms with Crippen LogP contribution in [0.3, 0.4) is 0 Å². The highest BCUT2D eigenvalue weighted by atomic mass is 31.0. The molecule has 0 bridgehead atoms. The zero-order valence-corrected chi connectivity index (χ0v) is 8.01. The lowest BCUT2D eigenvalue weighted by atomic mass is 10.2. The van der Waals surface area contributed by atoms with Crippen molar-refractivity contribution in [2.45, 2.75) is 19.8 Å². The first-order valence-electron chi connectivity index (χ1n) is 3.62. The van der Waals surface area contributed by atoms with Crippen molar-refractivity contribution in [2.24, 2.45) is 0 Å². The molecule has 0 aliphatic rings. The van der Waals surface area contributed by atoms with Gasteiger partial charge >= 0.3 is 0 Å². The van der Waals surface area contributed by atoms with Crippen LogP contribution >= 0.6 is 9.39 Å². The van der Waals surface area contributed by atoms with Gasteiger partial charge in [0, 0.05) is 17.5 Å². The smallest absolute Gasteiger partial charge is 0.0411 e. The molecule has 62 valence electrons. The van der Waals surface area contributed by atoms with E-state index in [-0.39, 0.29) is 0 Å². The van der Waals surface area contributed by atoms with Crippen LogP contribution in [-0.4, -0.2) is 6.21 Å². The van der Waals surface area contributed by atoms with Gasteiger partial charge in [0.1, 0.15) is 0 Å². The molecule has 0 heterocycles. The zero-order chi connectivity index (χ0) is 8.69. The molecule has 2 N–H and O–H groups in total. The van der Waals surface area contributed by atoms with Crippen molar-refractivity contribution >= 4 is 15.6 Å². The van der Waals surface area contributed by atoms with E-state index < -0.39 is 0 Å². The van der Waals surface area contributed by atoms with Crippen LogP contribution in [0.4, 0.5) is 0 Å². The highest BCUT2D eigenvalue weighted by Crippen LogP contribution is 2.05. The Hall–Kier alpha value is -0.620. The molecule has 0 aliphatic carbocycles. The Morgan fingerprint density at radius 1 is 1.73 bits per heavy atom. The van der Waals surface area contributed by atoms with Crippen LogP contribution in [0.15, 0.2) is 23.9 Å². The number of hydrogen-bond donors (Lipinski definition) is 2. The molecule has 0 rings (SSSR count). The molecule has 1 unspecified atom stereocenters. The molecule has 0 saturated carbocycles. The third kappa shape index (κ3) is 3.94. The summed E-state index contributed by atoms with van der Waals surface area (Å²) >= 11 is 0. The minimum absolute atomic E-state index is 0.716. The molecule has 1 atom stereocenters. The first-order chi connectivity index (χ1) is 5.26. The quantitative estimate of drug-likeness (QED) is 0.370. The predicted octanol–water partition coefficient (Wildman–Crippen LogP) is 2.26. The maximum absolute atomic E-state index is 6.96. The van der Waals surface area contributed by atoms with Gasteiger partial charge in [0.15, 0.2) is 0 Å². The molecule has 0 saturated heterocycles. The number of unbranched alkanes of at least 4 members (excludes halogenated alkanes) is 1. The van der Waals surface area contributed by atoms with Crippen molar-refractivity contribution in [1.29, 1.82) is 5.41 Å². The minimum Gasteiger partial charge on any atom is -0.369 e. The molecule has 0 radical (unpaired) electrons. The van der Waals surface area contributed by atoms with E-state index in [0.717, 1.165) is 18.5 Å². The fourth-order valence-corrected chi connectivity index (χ4v) is 0.952. The molecule has 2 nitrogen and oxygen atoms in total. The van der Waals surface area contributed by atoms with E-state index in [1.807, 2.05) is 6.08 Å². The van der Waals surface area contributed by atoms with E-state index in [1.165, 1.54) is 6.21 Å². The molecule has 0 fully saturated rings. The summed E-state index contributed by atoms with van der Waals surface area (Å²) in [6.07, 6.45) is 5.42. The average Bonchev–Trinajstić information content (AvgIpc) is 2.05. The number of nitrogens with one attached hydrogen (secondary N) is 2. The Bertz CT molecular complexity index is 173. The van der Waals surface area contributed by atoms with E-state index in [0.29, 0.717) is 5.57 Å². The standard InChI is InChI=1S/C8H15N2P/c1-3-4-5-8(10-11)7(2)6-9/h5-6,9-10H,2-4,11H2,1H3/b8-5+,9-6?. The minimum atomic E-state index is 0.716. The summed E-state index contributed by atoms with van der Waals surface area (Å²) in [7, 11) is 2.40. The largest absolute Gasteiger partial charge is 0.369 e. The third-order valence-electron chi connectivity index (χ3n) is 1.31. The van der Waals surface area contributed by atoms with Crippen molar-refractivity contribution in [3.8, 4) is 0 Å². The molecule has 3 heteroatoms. The third-order valence-corrected chi connectivity index (χ3v) is 1.62. The molecule has 11 heavy (non-hydrogen) atoms. The molecular weight excluding hydrogens is 155 g/mol. The Kier molecular flexibility index (Phi) is 5.77. The van der Waals surface area contributed by atoms with Gasteiger partial charge in [-0.05, 0) is 15.8 Å². The summed E-state index contributed by atoms with van der Waals surface area (Å²) in [4.78, 5) is 0. The summed E-state index contributed by atoms with van der Waals surface area (Å²) < 4.78 is 0. The Labute approximate surface area is 70.5 Å². The fourth-order valence-electron chi connectivity index (χ4n) is 0.649. The second-order valence-corrected chi connectivity index (χ2v) is 2.51. The van der Waals surface area contributed by atoms with E-state index >= 15 is 0 Å². The molecular formula is C8H15N2P. The topological polar surface area (TPSA) is 35.9 Å². The Morgan fingerprint density at radius 2 is 2.36 bits per heavy atom. The van der Waals surface area contributed by atoms with E-state index in [9.17, 15) is 0 Å². The highest BCUT2D eigenvalue weighted by Gasteiger charge is 1.94. The fraction of sp³-hybridized carbons (Fsp3) is 0.375. The van der Waals surface area contributed by atoms with Crippen LogP contribution in [0.25, 0.3) is 0 Å². The molecule has 0 aromatic heterocycles. The van der Waals surface area contributed by atoms with Gasteiger partial charge in [-0.1, -0.05) is 26.0 Å². The first kappa shape index (κ1) is 10.4. The van der Waals surface area contributed by atoms with Crippen molar-refractivity contribution in [3.63, 3.8) is 0 Å². The zero-order valence-electron chi connectivity index (χ0n) is 6.85. The van der Waals surface area contributed by atoms with Crippen molar-refractivity contribution in [2.75, 3.05) is 0 Å². The SMILES string of the molecule is C=C(C=N)/C(=C\CCC)NP. The lowest BCUT2D eigenvalue weighted by molar-refractivity contribution is 0.945. The lowest BCUT2D eigenvalue weighted by Crippen LogP contribution is -2.01. The monoisotopic (exact) mass is 170 g/mol. The lowest BCUT2D eigenvalue weighted by Gasteiger charge is -2.04. The number of allylic oxidation sites excluding steroid dienone is 2. The maximum Gasteiger partial charge on any atom is 0.0411 e. The van der Waals surface area contributed by atoms with Gasteiger partial charge in [0.05, 0.1) is 0 Å². The second-order valence-electron chi connectivity index (χ2n) is 2.22. The average molecular weight is 170 g/mol. The van der Waals surface area contributed by atoms with Gasteiger partial charge in [-0.3, -0.25) is 0 Å². The van der Waals surface area contributed by atoms with Crippen molar-refractivity contribution in [3.05, 3.63) is 23.9 Å². The van der Waals surface area contributed by atoms with Gasteiger partial charge in [0.25, 0.3) is 0 Å². The molecule has 0 amide bonds. The summed E-state index contributed by atoms with van der Waals surface area (Å²) in [6, 6.07) is 0. The van der Waals surface area contributed by atoms with Crippen LogP contribution in [0.1, 0.15) is 19.8 Å². The van der Waals surface area contributed by atoms with Crippen LogP contribution in [-0.2, 0) is 0 Å². The van der Waals surface area contributed by atoms with Gasteiger partial charge in [-0.15, -0.1) is 0 Å². The summed E-state index contributed by atoms with van der Waals surface area (Å²) in [6.45, 7) is 5.83. The van der Waals surface area contributed by atoms with Gasteiger partial charge in [-0.2, -0.15) is 0 Å². The van der Waals surface area contributed by atoms with Crippen molar-refractivity contribution in [1.82, 2.24) is 5.09 Å². The predicted molar refractivity (Wildman–Crippen MR) is 53.8 cm³/mol. The van der Waals surface area contributed by atoms with Gasteiger partial charge in [0.2, 0.25) is 0 Å². The van der Waals surface area contributed by atoms with Crippen LogP contribution in [0.5, 0.6) is 0 Å². The molecule has 0 aliphatic heterocycles. The van der Waals surface area contributed by atoms with Crippen LogP contribution in [0, 0.1) is 5.41 Å². The molecule has 0 spiro atoms. The van der Waals surface area contributed by atoms with Crippen LogP contribution < -0.4 is 5.09 Å². The first-order valence-corrected chi connectivity index (χ1v) is 4.20. The number of rotatable bonds is 5. The van der Waals surface area contributed by atoms with E-state index in [4.69, 9.17) is 5.41 Å². The van der Waals surface area contributed by atoms with Crippen molar-refractivity contribution < 1.29 is 0 Å². The van der Waals surface area contributed by atoms with E-state index in [1.54, 1.807) is 0 Å². The Balaban J connectivity index is 4.14. The molecule has 0 aromatic carbocycles. The normalized spacial score (nSPS) is 10.9. The highest BCUT2D eigenvalue weighted by molar-refractivity contribution is 7.14. The second kappa shape index (κ2) is 6.11. The Morgan fingerprint density at radius 3 is 2.73 bits per heavy atom. The van der Waals surface area contributed by atoms with Gasteiger partial charge < -0.3 is 10.5 Å². The number of hydrogen-bond acceptors (Lipinski definition) is 2. The summed E-state index contributed by atoms with van der Waals surface area (Å²) in [5.74, 6) is 0. The van der Waals surface area contributed by atoms with Crippen LogP contribution in [0.2, 0.25) is 0 Å². The van der Waals surface area contributed by atoms with Gasteiger partial charge in [-0.25, -0.2) is 0 Å². The summed E-state index contributed by atoms with van der Waals surface area (Å²) in [5.41, 5.74) is 1.64. The molecule has 0 aromatic rings. The summed E-state index contributed by atoms with van der Waals surface area (Å²) in [5, 5.41) is 9.88. The van der Waals surface area contributed by atoms with E-state index in [2.05, 4.69) is 28.0 Å². The maximum atomic E-state index is 6.96.